The van der Waals surface area contributed by atoms with Crippen molar-refractivity contribution < 1.29 is 9.47 Å². The molecule has 18 heavy (non-hydrogen) atoms. The van der Waals surface area contributed by atoms with E-state index in [9.17, 15) is 0 Å². The van der Waals surface area contributed by atoms with Crippen LogP contribution in [0.25, 0.3) is 0 Å². The highest BCUT2D eigenvalue weighted by molar-refractivity contribution is 7.80. The van der Waals surface area contributed by atoms with Crippen LogP contribution >= 0.6 is 12.2 Å². The summed E-state index contributed by atoms with van der Waals surface area (Å²) in [4.78, 5) is 0. The third-order valence-electron chi connectivity index (χ3n) is 2.48. The molecule has 0 spiro atoms. The first-order valence-electron chi connectivity index (χ1n) is 6.08. The zero-order chi connectivity index (χ0) is 13.0. The molecule has 0 aliphatic carbocycles. The lowest BCUT2D eigenvalue weighted by Crippen LogP contribution is -2.45. The summed E-state index contributed by atoms with van der Waals surface area (Å²) in [6.45, 7) is 5.26. The van der Waals surface area contributed by atoms with E-state index in [0.717, 1.165) is 11.5 Å². The molecule has 2 N–H and O–H groups in total. The molecule has 1 aromatic rings. The van der Waals surface area contributed by atoms with Crippen molar-refractivity contribution in [2.75, 3.05) is 13.2 Å². The maximum atomic E-state index is 5.81. The maximum absolute atomic E-state index is 5.81. The van der Waals surface area contributed by atoms with Gasteiger partial charge in [0.15, 0.2) is 16.6 Å². The molecule has 0 saturated carbocycles. The minimum absolute atomic E-state index is 0.0215. The van der Waals surface area contributed by atoms with E-state index < -0.39 is 0 Å². The molecule has 0 fully saturated rings. The van der Waals surface area contributed by atoms with Gasteiger partial charge in [0.05, 0.1) is 6.54 Å². The van der Waals surface area contributed by atoms with Crippen LogP contribution < -0.4 is 20.1 Å². The molecule has 98 valence electrons. The van der Waals surface area contributed by atoms with Crippen LogP contribution in [0.1, 0.15) is 13.8 Å². The Morgan fingerprint density at radius 2 is 2.11 bits per heavy atom. The van der Waals surface area contributed by atoms with Crippen molar-refractivity contribution >= 4 is 17.3 Å². The van der Waals surface area contributed by atoms with E-state index in [2.05, 4.69) is 10.6 Å². The molecule has 1 atom stereocenters. The van der Waals surface area contributed by atoms with E-state index in [1.807, 2.05) is 38.1 Å². The van der Waals surface area contributed by atoms with Crippen LogP contribution in [0.4, 0.5) is 0 Å². The standard InChI is InChI=1S/C13H18N2O2S/c1-9(2)15-13(18)14-7-10-8-16-11-5-3-4-6-12(11)17-10/h3-6,9-10H,7-8H2,1-2H3,(H2,14,15,18)/t10-/m1/s1. The van der Waals surface area contributed by atoms with Crippen molar-refractivity contribution in [3.63, 3.8) is 0 Å². The minimum Gasteiger partial charge on any atom is -0.486 e. The summed E-state index contributed by atoms with van der Waals surface area (Å²) in [5.41, 5.74) is 0. The lowest BCUT2D eigenvalue weighted by Gasteiger charge is -2.27. The van der Waals surface area contributed by atoms with Crippen LogP contribution in [-0.2, 0) is 0 Å². The van der Waals surface area contributed by atoms with Gasteiger partial charge in [-0.1, -0.05) is 12.1 Å². The predicted octanol–water partition coefficient (Wildman–Crippen LogP) is 1.70. The maximum Gasteiger partial charge on any atom is 0.166 e. The van der Waals surface area contributed by atoms with Crippen molar-refractivity contribution in [1.82, 2.24) is 10.6 Å². The van der Waals surface area contributed by atoms with Crippen molar-refractivity contribution in [1.29, 1.82) is 0 Å². The number of nitrogens with one attached hydrogen (secondary N) is 2. The van der Waals surface area contributed by atoms with E-state index >= 15 is 0 Å². The molecule has 1 aliphatic rings. The van der Waals surface area contributed by atoms with E-state index in [1.165, 1.54) is 0 Å². The number of thiocarbonyl (C=S) groups is 1. The quantitative estimate of drug-likeness (QED) is 0.815. The summed E-state index contributed by atoms with van der Waals surface area (Å²) >= 11 is 5.16. The van der Waals surface area contributed by atoms with Crippen LogP contribution in [0.5, 0.6) is 11.5 Å². The molecule has 0 radical (unpaired) electrons. The molecule has 1 aliphatic heterocycles. The van der Waals surface area contributed by atoms with Gasteiger partial charge in [-0.05, 0) is 38.2 Å². The second-order valence-corrected chi connectivity index (χ2v) is 4.91. The Hall–Kier alpha value is -1.49. The Morgan fingerprint density at radius 3 is 2.83 bits per heavy atom. The van der Waals surface area contributed by atoms with Gasteiger partial charge in [-0.15, -0.1) is 0 Å². The fourth-order valence-electron chi connectivity index (χ4n) is 1.68. The zero-order valence-corrected chi connectivity index (χ0v) is 11.4. The Bertz CT molecular complexity index is 423. The van der Waals surface area contributed by atoms with Gasteiger partial charge in [0.2, 0.25) is 0 Å². The molecule has 1 aromatic carbocycles. The monoisotopic (exact) mass is 266 g/mol. The van der Waals surface area contributed by atoms with E-state index in [1.54, 1.807) is 0 Å². The molecular formula is C13H18N2O2S. The lowest BCUT2D eigenvalue weighted by molar-refractivity contribution is 0.0937. The summed E-state index contributed by atoms with van der Waals surface area (Å²) in [5, 5.41) is 6.90. The fraction of sp³-hybridized carbons (Fsp3) is 0.462. The molecule has 0 aromatic heterocycles. The number of benzene rings is 1. The molecule has 0 bridgehead atoms. The van der Waals surface area contributed by atoms with Gasteiger partial charge in [0, 0.05) is 6.04 Å². The van der Waals surface area contributed by atoms with Crippen LogP contribution in [0.2, 0.25) is 0 Å². The molecule has 5 heteroatoms. The Balaban J connectivity index is 1.81. The van der Waals surface area contributed by atoms with Crippen molar-refractivity contribution in [2.24, 2.45) is 0 Å². The van der Waals surface area contributed by atoms with E-state index in [0.29, 0.717) is 24.3 Å². The van der Waals surface area contributed by atoms with Crippen LogP contribution in [0, 0.1) is 0 Å². The smallest absolute Gasteiger partial charge is 0.166 e. The highest BCUT2D eigenvalue weighted by Crippen LogP contribution is 2.30. The van der Waals surface area contributed by atoms with Crippen LogP contribution in [0.3, 0.4) is 0 Å². The topological polar surface area (TPSA) is 42.5 Å². The average Bonchev–Trinajstić information content (AvgIpc) is 2.35. The summed E-state index contributed by atoms with van der Waals surface area (Å²) in [5.74, 6) is 1.59. The Morgan fingerprint density at radius 1 is 1.39 bits per heavy atom. The van der Waals surface area contributed by atoms with E-state index in [4.69, 9.17) is 21.7 Å². The third-order valence-corrected chi connectivity index (χ3v) is 2.74. The summed E-state index contributed by atoms with van der Waals surface area (Å²) < 4.78 is 11.4. The molecule has 0 unspecified atom stereocenters. The van der Waals surface area contributed by atoms with Crippen LogP contribution in [-0.4, -0.2) is 30.4 Å². The van der Waals surface area contributed by atoms with Crippen molar-refractivity contribution in [2.45, 2.75) is 26.0 Å². The lowest BCUT2D eigenvalue weighted by atomic mass is 10.2. The predicted molar refractivity (Wildman–Crippen MR) is 75.2 cm³/mol. The molecule has 0 saturated heterocycles. The Kier molecular flexibility index (Phi) is 4.25. The van der Waals surface area contributed by atoms with Gasteiger partial charge in [-0.25, -0.2) is 0 Å². The second kappa shape index (κ2) is 5.91. The first-order chi connectivity index (χ1) is 8.65. The summed E-state index contributed by atoms with van der Waals surface area (Å²) in [6, 6.07) is 8.01. The number of ether oxygens (including phenoxy) is 2. The normalized spacial score (nSPS) is 17.4. The van der Waals surface area contributed by atoms with E-state index in [-0.39, 0.29) is 6.10 Å². The van der Waals surface area contributed by atoms with Gasteiger partial charge in [0.1, 0.15) is 12.7 Å². The summed E-state index contributed by atoms with van der Waals surface area (Å²) in [6.07, 6.45) is -0.0215. The van der Waals surface area contributed by atoms with Crippen molar-refractivity contribution in [3.05, 3.63) is 24.3 Å². The molecule has 0 amide bonds. The fourth-order valence-corrected chi connectivity index (χ4v) is 2.00. The largest absolute Gasteiger partial charge is 0.486 e. The van der Waals surface area contributed by atoms with Gasteiger partial charge in [-0.2, -0.15) is 0 Å². The van der Waals surface area contributed by atoms with Crippen LogP contribution in [0.15, 0.2) is 24.3 Å². The average molecular weight is 266 g/mol. The number of hydrogen-bond donors (Lipinski definition) is 2. The zero-order valence-electron chi connectivity index (χ0n) is 10.6. The summed E-state index contributed by atoms with van der Waals surface area (Å²) in [7, 11) is 0. The number of para-hydroxylation sites is 2. The first-order valence-corrected chi connectivity index (χ1v) is 6.49. The van der Waals surface area contributed by atoms with Gasteiger partial charge in [-0.3, -0.25) is 0 Å². The number of rotatable bonds is 3. The number of fused-ring (bicyclic) bond motifs is 1. The SMILES string of the molecule is CC(C)NC(=S)NC[C@@H]1COc2ccccc2O1. The minimum atomic E-state index is -0.0215. The second-order valence-electron chi connectivity index (χ2n) is 4.51. The van der Waals surface area contributed by atoms with Crippen molar-refractivity contribution in [3.8, 4) is 11.5 Å². The molecule has 2 rings (SSSR count). The highest BCUT2D eigenvalue weighted by Gasteiger charge is 2.20. The highest BCUT2D eigenvalue weighted by atomic mass is 32.1. The first kappa shape index (κ1) is 13.0. The molecular weight excluding hydrogens is 248 g/mol. The molecule has 4 nitrogen and oxygen atoms in total. The van der Waals surface area contributed by atoms with Gasteiger partial charge >= 0.3 is 0 Å². The molecule has 1 heterocycles. The number of hydrogen-bond acceptors (Lipinski definition) is 3. The van der Waals surface area contributed by atoms with Gasteiger partial charge < -0.3 is 20.1 Å². The van der Waals surface area contributed by atoms with Gasteiger partial charge in [0.25, 0.3) is 0 Å². The Labute approximate surface area is 113 Å². The third kappa shape index (κ3) is 3.50.